The predicted molar refractivity (Wildman–Crippen MR) is 57.6 cm³/mol. The minimum atomic E-state index is -0.534. The number of benzene rings is 1. The first-order valence-electron chi connectivity index (χ1n) is 4.13. The van der Waals surface area contributed by atoms with Crippen molar-refractivity contribution in [2.75, 3.05) is 0 Å². The Hall–Kier alpha value is -1.68. The molecule has 0 atom stereocenters. The number of carbonyl (C=O) groups is 1. The van der Waals surface area contributed by atoms with E-state index in [0.717, 1.165) is 0 Å². The molecule has 0 bridgehead atoms. The van der Waals surface area contributed by atoms with Gasteiger partial charge in [-0.15, -0.1) is 0 Å². The number of halogens is 1. The molecule has 0 spiro atoms. The molecular formula is C10H8ClNO3. The van der Waals surface area contributed by atoms with Crippen LogP contribution in [0.1, 0.15) is 12.5 Å². The van der Waals surface area contributed by atoms with Crippen molar-refractivity contribution in [1.29, 1.82) is 0 Å². The molecule has 0 aliphatic heterocycles. The molecule has 1 rings (SSSR count). The fourth-order valence-electron chi connectivity index (χ4n) is 0.999. The minimum absolute atomic E-state index is 0.0157. The first kappa shape index (κ1) is 11.4. The number of nitro benzene ring substituents is 1. The SMILES string of the molecule is C/C(=C\c1ccc([N+](=O)[O-])cc1)C(=O)Cl. The molecule has 78 valence electrons. The molecule has 0 saturated carbocycles. The third kappa shape index (κ3) is 3.18. The Morgan fingerprint density at radius 3 is 2.33 bits per heavy atom. The molecule has 0 aliphatic rings. The standard InChI is InChI=1S/C10H8ClNO3/c1-7(10(11)13)6-8-2-4-9(5-3-8)12(14)15/h2-6H,1H3/b7-6+. The van der Waals surface area contributed by atoms with E-state index in [1.54, 1.807) is 25.1 Å². The van der Waals surface area contributed by atoms with Gasteiger partial charge in [0.1, 0.15) is 0 Å². The largest absolute Gasteiger partial charge is 0.276 e. The van der Waals surface area contributed by atoms with Gasteiger partial charge in [0, 0.05) is 17.7 Å². The number of carbonyl (C=O) groups excluding carboxylic acids is 1. The van der Waals surface area contributed by atoms with Crippen LogP contribution in [0.15, 0.2) is 29.8 Å². The number of rotatable bonds is 3. The van der Waals surface area contributed by atoms with Gasteiger partial charge in [0.05, 0.1) is 4.92 Å². The molecule has 0 unspecified atom stereocenters. The zero-order valence-corrected chi connectivity index (χ0v) is 8.69. The number of hydrogen-bond donors (Lipinski definition) is 0. The van der Waals surface area contributed by atoms with Crippen molar-refractivity contribution in [3.05, 3.63) is 45.5 Å². The Labute approximate surface area is 91.3 Å². The van der Waals surface area contributed by atoms with E-state index in [1.165, 1.54) is 12.1 Å². The maximum atomic E-state index is 10.7. The quantitative estimate of drug-likeness (QED) is 0.344. The third-order valence-electron chi connectivity index (χ3n) is 1.80. The predicted octanol–water partition coefficient (Wildman–Crippen LogP) is 2.76. The number of allylic oxidation sites excluding steroid dienone is 1. The van der Waals surface area contributed by atoms with Crippen molar-refractivity contribution in [3.63, 3.8) is 0 Å². The molecule has 1 aromatic carbocycles. The van der Waals surface area contributed by atoms with Gasteiger partial charge in [-0.2, -0.15) is 0 Å². The first-order chi connectivity index (χ1) is 7.00. The summed E-state index contributed by atoms with van der Waals surface area (Å²) in [6.45, 7) is 1.58. The van der Waals surface area contributed by atoms with Gasteiger partial charge < -0.3 is 0 Å². The fourth-order valence-corrected chi connectivity index (χ4v) is 1.05. The second kappa shape index (κ2) is 4.70. The van der Waals surface area contributed by atoms with E-state index in [2.05, 4.69) is 0 Å². The monoisotopic (exact) mass is 225 g/mol. The fraction of sp³-hybridized carbons (Fsp3) is 0.100. The van der Waals surface area contributed by atoms with Crippen LogP contribution in [-0.4, -0.2) is 10.2 Å². The van der Waals surface area contributed by atoms with Crippen molar-refractivity contribution >= 4 is 28.6 Å². The van der Waals surface area contributed by atoms with Gasteiger partial charge in [-0.25, -0.2) is 0 Å². The average molecular weight is 226 g/mol. The zero-order chi connectivity index (χ0) is 11.4. The highest BCUT2D eigenvalue weighted by Gasteiger charge is 2.04. The van der Waals surface area contributed by atoms with Crippen molar-refractivity contribution in [1.82, 2.24) is 0 Å². The van der Waals surface area contributed by atoms with E-state index in [9.17, 15) is 14.9 Å². The van der Waals surface area contributed by atoms with Crippen LogP contribution in [0, 0.1) is 10.1 Å². The second-order valence-electron chi connectivity index (χ2n) is 2.95. The summed E-state index contributed by atoms with van der Waals surface area (Å²) in [5, 5.41) is 9.82. The van der Waals surface area contributed by atoms with Crippen LogP contribution in [-0.2, 0) is 4.79 Å². The smallest absolute Gasteiger partial charge is 0.269 e. The molecular weight excluding hydrogens is 218 g/mol. The lowest BCUT2D eigenvalue weighted by molar-refractivity contribution is -0.384. The third-order valence-corrected chi connectivity index (χ3v) is 2.10. The van der Waals surface area contributed by atoms with Crippen molar-refractivity contribution in [3.8, 4) is 0 Å². The Morgan fingerprint density at radius 2 is 1.93 bits per heavy atom. The van der Waals surface area contributed by atoms with Gasteiger partial charge in [0.15, 0.2) is 0 Å². The summed E-state index contributed by atoms with van der Waals surface area (Å²) in [4.78, 5) is 20.6. The Bertz CT molecular complexity index is 423. The summed E-state index contributed by atoms with van der Waals surface area (Å²) in [6, 6.07) is 5.86. The molecule has 1 aromatic rings. The van der Waals surface area contributed by atoms with Crippen LogP contribution in [0.4, 0.5) is 5.69 Å². The molecule has 0 saturated heterocycles. The molecule has 0 N–H and O–H groups in total. The van der Waals surface area contributed by atoms with E-state index in [4.69, 9.17) is 11.6 Å². The lowest BCUT2D eigenvalue weighted by Crippen LogP contribution is -1.89. The molecule has 15 heavy (non-hydrogen) atoms. The van der Waals surface area contributed by atoms with Gasteiger partial charge in [-0.1, -0.05) is 0 Å². The van der Waals surface area contributed by atoms with Crippen LogP contribution < -0.4 is 0 Å². The van der Waals surface area contributed by atoms with Crippen molar-refractivity contribution in [2.45, 2.75) is 6.92 Å². The summed E-state index contributed by atoms with van der Waals surface area (Å²) >= 11 is 5.24. The molecule has 0 fully saturated rings. The minimum Gasteiger partial charge on any atom is -0.276 e. The maximum Gasteiger partial charge on any atom is 0.269 e. The number of hydrogen-bond acceptors (Lipinski definition) is 3. The van der Waals surface area contributed by atoms with Gasteiger partial charge in [-0.05, 0) is 42.3 Å². The van der Waals surface area contributed by atoms with E-state index in [0.29, 0.717) is 11.1 Å². The van der Waals surface area contributed by atoms with Crippen LogP contribution in [0.2, 0.25) is 0 Å². The summed E-state index contributed by atoms with van der Waals surface area (Å²) in [6.07, 6.45) is 1.57. The number of nitro groups is 1. The highest BCUT2D eigenvalue weighted by molar-refractivity contribution is 6.68. The number of non-ortho nitro benzene ring substituents is 1. The van der Waals surface area contributed by atoms with Gasteiger partial charge in [0.25, 0.3) is 5.69 Å². The summed E-state index contributed by atoms with van der Waals surface area (Å²) in [7, 11) is 0. The molecule has 0 aromatic heterocycles. The topological polar surface area (TPSA) is 60.2 Å². The Kier molecular flexibility index (Phi) is 3.57. The second-order valence-corrected chi connectivity index (χ2v) is 3.29. The molecule has 0 amide bonds. The van der Waals surface area contributed by atoms with Crippen LogP contribution in [0.5, 0.6) is 0 Å². The normalized spacial score (nSPS) is 11.2. The lowest BCUT2D eigenvalue weighted by atomic mass is 10.1. The first-order valence-corrected chi connectivity index (χ1v) is 4.51. The van der Waals surface area contributed by atoms with Crippen LogP contribution in [0.3, 0.4) is 0 Å². The Morgan fingerprint density at radius 1 is 1.40 bits per heavy atom. The van der Waals surface area contributed by atoms with Gasteiger partial charge in [0.2, 0.25) is 5.24 Å². The molecule has 5 heteroatoms. The van der Waals surface area contributed by atoms with E-state index >= 15 is 0 Å². The van der Waals surface area contributed by atoms with Gasteiger partial charge in [-0.3, -0.25) is 14.9 Å². The number of nitrogens with zero attached hydrogens (tertiary/aromatic N) is 1. The van der Waals surface area contributed by atoms with Crippen molar-refractivity contribution in [2.24, 2.45) is 0 Å². The van der Waals surface area contributed by atoms with Gasteiger partial charge >= 0.3 is 0 Å². The summed E-state index contributed by atoms with van der Waals surface area (Å²) in [5.74, 6) is 0. The maximum absolute atomic E-state index is 10.7. The van der Waals surface area contributed by atoms with E-state index in [1.807, 2.05) is 0 Å². The average Bonchev–Trinajstić information content (AvgIpc) is 2.18. The highest BCUT2D eigenvalue weighted by Crippen LogP contribution is 2.14. The van der Waals surface area contributed by atoms with Crippen LogP contribution >= 0.6 is 11.6 Å². The molecule has 0 aliphatic carbocycles. The van der Waals surface area contributed by atoms with E-state index in [-0.39, 0.29) is 5.69 Å². The molecule has 4 nitrogen and oxygen atoms in total. The lowest BCUT2D eigenvalue weighted by Gasteiger charge is -1.95. The molecule has 0 heterocycles. The summed E-state index contributed by atoms with van der Waals surface area (Å²) in [5.41, 5.74) is 1.11. The van der Waals surface area contributed by atoms with Crippen LogP contribution in [0.25, 0.3) is 6.08 Å². The Balaban J connectivity index is 2.95. The van der Waals surface area contributed by atoms with E-state index < -0.39 is 10.2 Å². The summed E-state index contributed by atoms with van der Waals surface area (Å²) < 4.78 is 0. The molecule has 0 radical (unpaired) electrons. The highest BCUT2D eigenvalue weighted by atomic mass is 35.5. The van der Waals surface area contributed by atoms with Crippen molar-refractivity contribution < 1.29 is 9.72 Å². The zero-order valence-electron chi connectivity index (χ0n) is 7.94.